The number of benzene rings is 3. The topological polar surface area (TPSA) is 97.9 Å². The fourth-order valence-corrected chi connectivity index (χ4v) is 4.29. The summed E-state index contributed by atoms with van der Waals surface area (Å²) >= 11 is 0. The number of nitrogens with zero attached hydrogens (tertiary/aromatic N) is 2. The molecule has 0 radical (unpaired) electrons. The van der Waals surface area contributed by atoms with Crippen LogP contribution in [0.3, 0.4) is 0 Å². The van der Waals surface area contributed by atoms with E-state index in [1.54, 1.807) is 39.5 Å². The molecule has 0 bridgehead atoms. The minimum Gasteiger partial charge on any atom is -0.378 e. The number of hydrogen-bond acceptors (Lipinski definition) is 4. The molecular weight excluding hydrogens is 444 g/mol. The number of hydrogen-bond donors (Lipinski definition) is 3. The Morgan fingerprint density at radius 2 is 1.77 bits per heavy atom. The first kappa shape index (κ1) is 22.6. The number of urea groups is 1. The monoisotopic (exact) mass is 472 g/mol. The number of aromatic nitrogens is 1. The summed E-state index contributed by atoms with van der Waals surface area (Å²) in [4.78, 5) is 32.1. The van der Waals surface area contributed by atoms with Crippen molar-refractivity contribution in [3.63, 3.8) is 0 Å². The summed E-state index contributed by atoms with van der Waals surface area (Å²) in [5.41, 5.74) is 6.77. The zero-order valence-corrected chi connectivity index (χ0v) is 19.1. The van der Waals surface area contributed by atoms with Crippen LogP contribution >= 0.6 is 0 Å². The number of rotatable bonds is 5. The molecule has 2 heterocycles. The van der Waals surface area contributed by atoms with Gasteiger partial charge < -0.3 is 14.6 Å². The number of amides is 3. The smallest absolute Gasteiger partial charge is 0.324 e. The number of anilines is 1. The number of fused-ring (bicyclic) bond motifs is 1. The quantitative estimate of drug-likeness (QED) is 0.291. The van der Waals surface area contributed by atoms with E-state index in [1.807, 2.05) is 36.5 Å². The molecular formula is C27H28N4O4. The van der Waals surface area contributed by atoms with E-state index >= 15 is 0 Å². The number of morpholine rings is 1. The van der Waals surface area contributed by atoms with Gasteiger partial charge in [0.25, 0.3) is 5.91 Å². The lowest BCUT2D eigenvalue weighted by Gasteiger charge is -2.33. The second-order valence-electron chi connectivity index (χ2n) is 8.44. The van der Waals surface area contributed by atoms with Gasteiger partial charge in [-0.05, 0) is 64.5 Å². The highest BCUT2D eigenvalue weighted by Crippen LogP contribution is 2.29. The van der Waals surface area contributed by atoms with Gasteiger partial charge in [-0.2, -0.15) is 0 Å². The predicted molar refractivity (Wildman–Crippen MR) is 136 cm³/mol. The van der Waals surface area contributed by atoms with Gasteiger partial charge in [0, 0.05) is 37.5 Å². The Morgan fingerprint density at radius 1 is 1.00 bits per heavy atom. The van der Waals surface area contributed by atoms with Crippen LogP contribution in [-0.2, 0) is 11.3 Å². The molecule has 3 aromatic carbocycles. The van der Waals surface area contributed by atoms with E-state index in [1.165, 1.54) is 0 Å². The molecule has 1 fully saturated rings. The number of aromatic amines is 1. The van der Waals surface area contributed by atoms with Crippen molar-refractivity contribution in [3.05, 3.63) is 90.1 Å². The van der Waals surface area contributed by atoms with Crippen LogP contribution in [0.5, 0.6) is 0 Å². The fraction of sp³-hybridized carbons (Fsp3) is 0.185. The summed E-state index contributed by atoms with van der Waals surface area (Å²) in [6.07, 6.45) is 1.92. The number of carbonyl (C=O) groups excluding carboxylic acids is 2. The molecule has 4 aromatic rings. The van der Waals surface area contributed by atoms with Gasteiger partial charge in [-0.1, -0.05) is 30.3 Å². The number of H-pyrrole nitrogens is 1. The SMILES string of the molecule is O=C(NO)c1ccc(CN(C(=O)N2CCOCC2)c2cccc(-c3ccc4[nH]ccc4c3)c2)cc1.[HH]. The zero-order chi connectivity index (χ0) is 24.2. The summed E-state index contributed by atoms with van der Waals surface area (Å²) in [6.45, 7) is 2.43. The highest BCUT2D eigenvalue weighted by Gasteiger charge is 2.25. The van der Waals surface area contributed by atoms with Crippen molar-refractivity contribution in [1.82, 2.24) is 15.4 Å². The molecule has 1 aliphatic rings. The lowest BCUT2D eigenvalue weighted by Crippen LogP contribution is -2.48. The van der Waals surface area contributed by atoms with Crippen molar-refractivity contribution in [1.29, 1.82) is 0 Å². The third kappa shape index (κ3) is 4.89. The third-order valence-corrected chi connectivity index (χ3v) is 6.22. The summed E-state index contributed by atoms with van der Waals surface area (Å²) in [5, 5.41) is 9.99. The van der Waals surface area contributed by atoms with E-state index in [0.717, 1.165) is 33.3 Å². The molecule has 0 saturated carbocycles. The minimum absolute atomic E-state index is 0. The first-order chi connectivity index (χ1) is 17.1. The molecule has 3 amide bonds. The molecule has 0 aliphatic carbocycles. The van der Waals surface area contributed by atoms with Gasteiger partial charge in [0.15, 0.2) is 0 Å². The Bertz CT molecular complexity index is 1350. The second-order valence-corrected chi connectivity index (χ2v) is 8.44. The molecule has 180 valence electrons. The zero-order valence-electron chi connectivity index (χ0n) is 19.1. The van der Waals surface area contributed by atoms with E-state index in [4.69, 9.17) is 9.94 Å². The van der Waals surface area contributed by atoms with Gasteiger partial charge in [-0.25, -0.2) is 10.3 Å². The van der Waals surface area contributed by atoms with E-state index in [0.29, 0.717) is 38.4 Å². The molecule has 0 spiro atoms. The Morgan fingerprint density at radius 3 is 2.54 bits per heavy atom. The second kappa shape index (κ2) is 10.0. The first-order valence-electron chi connectivity index (χ1n) is 11.5. The van der Waals surface area contributed by atoms with Crippen LogP contribution < -0.4 is 10.4 Å². The van der Waals surface area contributed by atoms with E-state index in [9.17, 15) is 9.59 Å². The van der Waals surface area contributed by atoms with Crippen molar-refractivity contribution < 1.29 is 21.0 Å². The average molecular weight is 473 g/mol. The van der Waals surface area contributed by atoms with Gasteiger partial charge in [0.2, 0.25) is 0 Å². The van der Waals surface area contributed by atoms with Crippen LogP contribution in [0.25, 0.3) is 22.0 Å². The Kier molecular flexibility index (Phi) is 6.47. The molecule has 35 heavy (non-hydrogen) atoms. The van der Waals surface area contributed by atoms with Crippen molar-refractivity contribution in [2.45, 2.75) is 6.54 Å². The van der Waals surface area contributed by atoms with Crippen LogP contribution in [-0.4, -0.2) is 53.3 Å². The lowest BCUT2D eigenvalue weighted by molar-refractivity contribution is 0.0548. The predicted octanol–water partition coefficient (Wildman–Crippen LogP) is 4.66. The Balaban J connectivity index is 0.00000304. The summed E-state index contributed by atoms with van der Waals surface area (Å²) in [6, 6.07) is 23.0. The van der Waals surface area contributed by atoms with Gasteiger partial charge in [-0.15, -0.1) is 0 Å². The van der Waals surface area contributed by atoms with Gasteiger partial charge in [-0.3, -0.25) is 14.9 Å². The Labute approximate surface area is 204 Å². The van der Waals surface area contributed by atoms with Crippen LogP contribution in [0.15, 0.2) is 79.0 Å². The molecule has 8 nitrogen and oxygen atoms in total. The molecule has 0 unspecified atom stereocenters. The maximum atomic E-state index is 13.6. The molecule has 5 rings (SSSR count). The molecule has 3 N–H and O–H groups in total. The summed E-state index contributed by atoms with van der Waals surface area (Å²) in [7, 11) is 0. The van der Waals surface area contributed by atoms with Gasteiger partial charge in [0.1, 0.15) is 0 Å². The fourth-order valence-electron chi connectivity index (χ4n) is 4.29. The van der Waals surface area contributed by atoms with Crippen LogP contribution in [0.2, 0.25) is 0 Å². The molecule has 0 atom stereocenters. The number of nitrogens with one attached hydrogen (secondary N) is 2. The van der Waals surface area contributed by atoms with E-state index < -0.39 is 5.91 Å². The van der Waals surface area contributed by atoms with Crippen LogP contribution in [0.4, 0.5) is 10.5 Å². The third-order valence-electron chi connectivity index (χ3n) is 6.22. The van der Waals surface area contributed by atoms with Crippen LogP contribution in [0, 0.1) is 0 Å². The molecule has 1 aliphatic heterocycles. The standard InChI is InChI=1S/C27H26N4O4.H2/c32-26(29-34)20-6-4-19(5-7-20)18-31(27(33)30-12-14-35-15-13-30)24-3-1-2-21(17-24)22-8-9-25-23(16-22)10-11-28-25;/h1-11,16-17,28,34H,12-15,18H2,(H,29,32);1H. The average Bonchev–Trinajstić information content (AvgIpc) is 3.40. The number of hydroxylamine groups is 1. The molecule has 1 aromatic heterocycles. The highest BCUT2D eigenvalue weighted by atomic mass is 16.5. The first-order valence-corrected chi connectivity index (χ1v) is 11.5. The van der Waals surface area contributed by atoms with Crippen molar-refractivity contribution in [2.24, 2.45) is 0 Å². The van der Waals surface area contributed by atoms with Crippen molar-refractivity contribution in [3.8, 4) is 11.1 Å². The number of ether oxygens (including phenoxy) is 1. The lowest BCUT2D eigenvalue weighted by atomic mass is 10.0. The van der Waals surface area contributed by atoms with Crippen molar-refractivity contribution >= 4 is 28.5 Å². The maximum absolute atomic E-state index is 13.6. The van der Waals surface area contributed by atoms with Crippen LogP contribution in [0.1, 0.15) is 17.3 Å². The minimum atomic E-state index is -0.579. The normalized spacial score (nSPS) is 13.6. The van der Waals surface area contributed by atoms with Gasteiger partial charge >= 0.3 is 6.03 Å². The largest absolute Gasteiger partial charge is 0.378 e. The maximum Gasteiger partial charge on any atom is 0.324 e. The molecule has 1 saturated heterocycles. The Hall–Kier alpha value is -4.14. The number of carbonyl (C=O) groups is 2. The van der Waals surface area contributed by atoms with E-state index in [-0.39, 0.29) is 7.46 Å². The molecule has 8 heteroatoms. The van der Waals surface area contributed by atoms with Gasteiger partial charge in [0.05, 0.1) is 19.8 Å². The van der Waals surface area contributed by atoms with E-state index in [2.05, 4.69) is 23.2 Å². The summed E-state index contributed by atoms with van der Waals surface area (Å²) < 4.78 is 5.43. The van der Waals surface area contributed by atoms with Crippen molar-refractivity contribution in [2.75, 3.05) is 31.2 Å². The summed E-state index contributed by atoms with van der Waals surface area (Å²) in [5.74, 6) is -0.579. The highest BCUT2D eigenvalue weighted by molar-refractivity contribution is 5.94.